The maximum absolute atomic E-state index is 11.1. The van der Waals surface area contributed by atoms with Crippen LogP contribution in [0.1, 0.15) is 17.9 Å². The summed E-state index contributed by atoms with van der Waals surface area (Å²) in [4.78, 5) is 12.6. The van der Waals surface area contributed by atoms with Crippen molar-refractivity contribution >= 4 is 22.0 Å². The summed E-state index contributed by atoms with van der Waals surface area (Å²) >= 11 is 3.56. The van der Waals surface area contributed by atoms with Gasteiger partial charge >= 0.3 is 6.09 Å². The zero-order chi connectivity index (χ0) is 12.7. The lowest BCUT2D eigenvalue weighted by atomic mass is 9.87. The molecule has 2 aliphatic rings. The molecule has 0 aliphatic carbocycles. The van der Waals surface area contributed by atoms with Crippen molar-refractivity contribution in [3.8, 4) is 5.75 Å². The highest BCUT2D eigenvalue weighted by molar-refractivity contribution is 9.10. The van der Waals surface area contributed by atoms with Crippen LogP contribution in [-0.2, 0) is 0 Å². The molecule has 1 aromatic rings. The van der Waals surface area contributed by atoms with E-state index in [1.165, 1.54) is 4.90 Å². The lowest BCUT2D eigenvalue weighted by Gasteiger charge is -2.17. The standard InChI is InChI=1S/C13H14BrNO3/c14-10-2-1-3-11-12(10)9-7-15(13(16)17)6-8(9)4-5-18-11/h1-3,8-9H,4-7H2,(H,16,17). The van der Waals surface area contributed by atoms with Crippen LogP contribution in [0.3, 0.4) is 0 Å². The summed E-state index contributed by atoms with van der Waals surface area (Å²) in [7, 11) is 0. The number of rotatable bonds is 0. The van der Waals surface area contributed by atoms with Gasteiger partial charge in [0.05, 0.1) is 6.61 Å². The lowest BCUT2D eigenvalue weighted by molar-refractivity contribution is 0.152. The zero-order valence-corrected chi connectivity index (χ0v) is 11.4. The third-order valence-corrected chi connectivity index (χ3v) is 4.53. The second-order valence-corrected chi connectivity index (χ2v) is 5.70. The van der Waals surface area contributed by atoms with Gasteiger partial charge in [0.25, 0.3) is 0 Å². The number of carbonyl (C=O) groups is 1. The van der Waals surface area contributed by atoms with Crippen molar-refractivity contribution in [2.45, 2.75) is 12.3 Å². The minimum Gasteiger partial charge on any atom is -0.493 e. The van der Waals surface area contributed by atoms with Crippen LogP contribution in [0, 0.1) is 5.92 Å². The van der Waals surface area contributed by atoms with E-state index in [0.717, 1.165) is 22.2 Å². The summed E-state index contributed by atoms with van der Waals surface area (Å²) in [6.45, 7) is 1.85. The Morgan fingerprint density at radius 1 is 1.44 bits per heavy atom. The zero-order valence-electron chi connectivity index (χ0n) is 9.80. The molecule has 4 nitrogen and oxygen atoms in total. The number of nitrogens with zero attached hydrogens (tertiary/aromatic N) is 1. The predicted octanol–water partition coefficient (Wildman–Crippen LogP) is 2.93. The molecule has 1 fully saturated rings. The first kappa shape index (κ1) is 11.8. The Morgan fingerprint density at radius 2 is 2.28 bits per heavy atom. The molecule has 0 bridgehead atoms. The molecule has 96 valence electrons. The molecule has 1 aromatic carbocycles. The Labute approximate surface area is 114 Å². The molecule has 2 unspecified atom stereocenters. The number of benzene rings is 1. The van der Waals surface area contributed by atoms with E-state index in [1.807, 2.05) is 18.2 Å². The molecule has 18 heavy (non-hydrogen) atoms. The van der Waals surface area contributed by atoms with Crippen LogP contribution in [0.15, 0.2) is 22.7 Å². The molecule has 2 atom stereocenters. The number of hydrogen-bond donors (Lipinski definition) is 1. The molecule has 3 rings (SSSR count). The topological polar surface area (TPSA) is 49.8 Å². The summed E-state index contributed by atoms with van der Waals surface area (Å²) in [6.07, 6.45) is 0.0906. The van der Waals surface area contributed by atoms with Crippen LogP contribution < -0.4 is 4.74 Å². The van der Waals surface area contributed by atoms with E-state index >= 15 is 0 Å². The van der Waals surface area contributed by atoms with Crippen LogP contribution in [0.5, 0.6) is 5.75 Å². The predicted molar refractivity (Wildman–Crippen MR) is 70.1 cm³/mol. The lowest BCUT2D eigenvalue weighted by Crippen LogP contribution is -2.27. The Morgan fingerprint density at radius 3 is 3.06 bits per heavy atom. The van der Waals surface area contributed by atoms with Gasteiger partial charge in [0.1, 0.15) is 5.75 Å². The van der Waals surface area contributed by atoms with Gasteiger partial charge in [-0.15, -0.1) is 0 Å². The van der Waals surface area contributed by atoms with Gasteiger partial charge in [0.15, 0.2) is 0 Å². The molecule has 1 N–H and O–H groups in total. The molecule has 1 amide bonds. The number of ether oxygens (including phenoxy) is 1. The highest BCUT2D eigenvalue weighted by Crippen LogP contribution is 2.44. The smallest absolute Gasteiger partial charge is 0.407 e. The van der Waals surface area contributed by atoms with Gasteiger partial charge in [-0.3, -0.25) is 0 Å². The largest absolute Gasteiger partial charge is 0.493 e. The van der Waals surface area contributed by atoms with Crippen molar-refractivity contribution in [2.24, 2.45) is 5.92 Å². The third kappa shape index (κ3) is 1.86. The highest BCUT2D eigenvalue weighted by atomic mass is 79.9. The number of likely N-dealkylation sites (tertiary alicyclic amines) is 1. The quantitative estimate of drug-likeness (QED) is 0.801. The first-order chi connectivity index (χ1) is 8.66. The summed E-state index contributed by atoms with van der Waals surface area (Å²) < 4.78 is 6.78. The average molecular weight is 312 g/mol. The van der Waals surface area contributed by atoms with Crippen LogP contribution in [0.2, 0.25) is 0 Å². The van der Waals surface area contributed by atoms with Crippen molar-refractivity contribution in [2.75, 3.05) is 19.7 Å². The fraction of sp³-hybridized carbons (Fsp3) is 0.462. The van der Waals surface area contributed by atoms with E-state index in [4.69, 9.17) is 9.84 Å². The molecule has 2 aliphatic heterocycles. The Bertz CT molecular complexity index is 491. The number of amides is 1. The van der Waals surface area contributed by atoms with Crippen molar-refractivity contribution in [1.82, 2.24) is 4.90 Å². The van der Waals surface area contributed by atoms with E-state index in [0.29, 0.717) is 25.6 Å². The summed E-state index contributed by atoms with van der Waals surface area (Å²) in [5.74, 6) is 1.50. The van der Waals surface area contributed by atoms with Gasteiger partial charge in [-0.2, -0.15) is 0 Å². The summed E-state index contributed by atoms with van der Waals surface area (Å²) in [6, 6.07) is 5.91. The van der Waals surface area contributed by atoms with Crippen LogP contribution in [0.4, 0.5) is 4.79 Å². The SMILES string of the molecule is O=C(O)N1CC2CCOc3cccc(Br)c3C2C1. The van der Waals surface area contributed by atoms with Gasteiger partial charge in [0, 0.05) is 29.0 Å². The van der Waals surface area contributed by atoms with E-state index < -0.39 is 6.09 Å². The Hall–Kier alpha value is -1.23. The van der Waals surface area contributed by atoms with Gasteiger partial charge in [-0.1, -0.05) is 22.0 Å². The van der Waals surface area contributed by atoms with E-state index in [-0.39, 0.29) is 5.92 Å². The minimum atomic E-state index is -0.822. The molecular formula is C13H14BrNO3. The van der Waals surface area contributed by atoms with Gasteiger partial charge < -0.3 is 14.7 Å². The molecule has 2 heterocycles. The maximum Gasteiger partial charge on any atom is 0.407 e. The molecular weight excluding hydrogens is 298 g/mol. The van der Waals surface area contributed by atoms with Gasteiger partial charge in [-0.25, -0.2) is 4.79 Å². The summed E-state index contributed by atoms with van der Waals surface area (Å²) in [5.41, 5.74) is 1.13. The fourth-order valence-corrected chi connectivity index (χ4v) is 3.61. The summed E-state index contributed by atoms with van der Waals surface area (Å²) in [5, 5.41) is 9.13. The average Bonchev–Trinajstić information content (AvgIpc) is 2.66. The van der Waals surface area contributed by atoms with Crippen LogP contribution in [-0.4, -0.2) is 35.8 Å². The first-order valence-corrected chi connectivity index (χ1v) is 6.85. The number of fused-ring (bicyclic) bond motifs is 3. The van der Waals surface area contributed by atoms with E-state index in [2.05, 4.69) is 15.9 Å². The Kier molecular flexibility index (Phi) is 2.93. The van der Waals surface area contributed by atoms with Crippen LogP contribution in [0.25, 0.3) is 0 Å². The van der Waals surface area contributed by atoms with Crippen molar-refractivity contribution in [3.05, 3.63) is 28.2 Å². The minimum absolute atomic E-state index is 0.245. The number of carboxylic acid groups (broad SMARTS) is 1. The van der Waals surface area contributed by atoms with Crippen molar-refractivity contribution in [1.29, 1.82) is 0 Å². The van der Waals surface area contributed by atoms with Crippen molar-refractivity contribution < 1.29 is 14.6 Å². The molecule has 0 saturated carbocycles. The van der Waals surface area contributed by atoms with Crippen LogP contribution >= 0.6 is 15.9 Å². The highest BCUT2D eigenvalue weighted by Gasteiger charge is 2.39. The normalized spacial score (nSPS) is 25.9. The molecule has 1 saturated heterocycles. The maximum atomic E-state index is 11.1. The number of hydrogen-bond acceptors (Lipinski definition) is 2. The molecule has 5 heteroatoms. The second kappa shape index (κ2) is 4.46. The molecule has 0 spiro atoms. The third-order valence-electron chi connectivity index (χ3n) is 3.84. The Balaban J connectivity index is 2.00. The van der Waals surface area contributed by atoms with E-state index in [1.54, 1.807) is 0 Å². The van der Waals surface area contributed by atoms with Gasteiger partial charge in [-0.05, 0) is 24.5 Å². The fourth-order valence-electron chi connectivity index (χ4n) is 2.97. The first-order valence-electron chi connectivity index (χ1n) is 6.06. The van der Waals surface area contributed by atoms with E-state index in [9.17, 15) is 4.79 Å². The monoisotopic (exact) mass is 311 g/mol. The molecule has 0 aromatic heterocycles. The number of halogens is 1. The second-order valence-electron chi connectivity index (χ2n) is 4.84. The molecule has 0 radical (unpaired) electrons. The van der Waals surface area contributed by atoms with Crippen molar-refractivity contribution in [3.63, 3.8) is 0 Å². The van der Waals surface area contributed by atoms with Gasteiger partial charge in [0.2, 0.25) is 0 Å².